The fourth-order valence-electron chi connectivity index (χ4n) is 7.36. The summed E-state index contributed by atoms with van der Waals surface area (Å²) in [6, 6.07) is 2.12. The number of carboxylic acid groups (broad SMARTS) is 1. The molecule has 0 saturated carbocycles. The number of nitrogens with two attached hydrogens (primary N) is 3. The average molecular weight is 969 g/mol. The number of phenolic OH excluding ortho intramolecular Hbond substituents is 1. The Morgan fingerprint density at radius 2 is 1.25 bits per heavy atom. The van der Waals surface area contributed by atoms with Crippen molar-refractivity contribution >= 4 is 59.1 Å². The molecule has 0 aliphatic carbocycles. The molecule has 0 aromatic heterocycles. The Labute approximate surface area is 397 Å². The van der Waals surface area contributed by atoms with Crippen LogP contribution in [0, 0.1) is 5.92 Å². The zero-order valence-electron chi connectivity index (χ0n) is 38.6. The zero-order valence-corrected chi connectivity index (χ0v) is 38.6. The van der Waals surface area contributed by atoms with Crippen molar-refractivity contribution in [1.29, 1.82) is 0 Å². The molecule has 1 heterocycles. The van der Waals surface area contributed by atoms with E-state index in [1.165, 1.54) is 29.2 Å². The number of phenols is 1. The van der Waals surface area contributed by atoms with Crippen LogP contribution < -0.4 is 49.1 Å². The molecule has 69 heavy (non-hydrogen) atoms. The van der Waals surface area contributed by atoms with E-state index < -0.39 is 139 Å². The van der Waals surface area contributed by atoms with Crippen molar-refractivity contribution in [3.63, 3.8) is 0 Å². The van der Waals surface area contributed by atoms with Gasteiger partial charge < -0.3 is 74.4 Å². The largest absolute Gasteiger partial charge is 0.508 e. The molecule has 1 saturated heterocycles. The molecule has 10 atom stereocenters. The van der Waals surface area contributed by atoms with E-state index in [1.807, 2.05) is 0 Å². The number of hydrogen-bond donors (Lipinski definition) is 13. The highest BCUT2D eigenvalue weighted by molar-refractivity contribution is 5.99. The predicted molar refractivity (Wildman–Crippen MR) is 244 cm³/mol. The van der Waals surface area contributed by atoms with Gasteiger partial charge in [0, 0.05) is 25.8 Å². The number of aliphatic hydroxyl groups is 2. The van der Waals surface area contributed by atoms with Gasteiger partial charge in [-0.3, -0.25) is 43.2 Å². The maximum Gasteiger partial charge on any atom is 0.328 e. The molecule has 3 rings (SSSR count). The first-order valence-corrected chi connectivity index (χ1v) is 22.3. The minimum atomic E-state index is -1.72. The lowest BCUT2D eigenvalue weighted by molar-refractivity contribution is -0.145. The van der Waals surface area contributed by atoms with Crippen LogP contribution in [0.1, 0.15) is 70.4 Å². The SMILES string of the molecule is CC[C@H](C)[C@H](NC(=O)[C@H](CCC(N)=O)NC(=O)[C@@H]1CCCN1C(=O)[C@H](Cc1ccccc1)NC(=O)[C@H](CC(N)=O)NC(=O)[C@H](Cc1ccc(O)cc1)NC(=O)[C@@H](N)CO)C(=O)N[C@H](C(=O)O)[C@@H](C)O. The van der Waals surface area contributed by atoms with Gasteiger partial charge in [0.2, 0.25) is 53.2 Å². The maximum atomic E-state index is 14.6. The summed E-state index contributed by atoms with van der Waals surface area (Å²) in [6.45, 7) is 3.69. The predicted octanol–water partition coefficient (Wildman–Crippen LogP) is -3.95. The van der Waals surface area contributed by atoms with Gasteiger partial charge in [-0.1, -0.05) is 62.7 Å². The standard InChI is InChI=1S/C45H64N10O14/c1-4-23(2)36(43(66)54-37(24(3)57)45(68)69)53-39(62)29(16-17-34(47)59)49-42(65)33-11-8-18-55(33)44(67)32(20-25-9-6-5-7-10-25)52-41(64)31(21-35(48)60)51-40(63)30(50-38(61)28(46)22-56)19-26-12-14-27(58)15-13-26/h5-7,9-10,12-15,23-24,28-33,36-37,56-58H,4,8,11,16-22,46H2,1-3H3,(H2,47,59)(H2,48,60)(H,49,65)(H,50,61)(H,51,63)(H,52,64)(H,53,62)(H,54,66)(H,68,69)/t23-,24+,28-,29-,30-,31-,32-,33-,36-,37-/m0/s1. The monoisotopic (exact) mass is 968 g/mol. The van der Waals surface area contributed by atoms with Gasteiger partial charge in [-0.15, -0.1) is 0 Å². The Bertz CT molecular complexity index is 2140. The van der Waals surface area contributed by atoms with Crippen LogP contribution in [0.25, 0.3) is 0 Å². The summed E-state index contributed by atoms with van der Waals surface area (Å²) in [4.78, 5) is 134. The Hall–Kier alpha value is -7.18. The van der Waals surface area contributed by atoms with Crippen LogP contribution in [0.3, 0.4) is 0 Å². The van der Waals surface area contributed by atoms with E-state index in [1.54, 1.807) is 44.2 Å². The van der Waals surface area contributed by atoms with E-state index in [2.05, 4.69) is 31.9 Å². The molecule has 2 aromatic carbocycles. The molecule has 0 radical (unpaired) electrons. The second kappa shape index (κ2) is 27.0. The van der Waals surface area contributed by atoms with Crippen molar-refractivity contribution in [3.8, 4) is 5.75 Å². The number of amides is 9. The average Bonchev–Trinajstić information content (AvgIpc) is 3.80. The molecule has 1 aliphatic heterocycles. The van der Waals surface area contributed by atoms with Gasteiger partial charge in [0.05, 0.1) is 19.1 Å². The number of primary amides is 2. The highest BCUT2D eigenvalue weighted by atomic mass is 16.4. The van der Waals surface area contributed by atoms with Crippen LogP contribution in [0.5, 0.6) is 5.75 Å². The zero-order chi connectivity index (χ0) is 51.5. The van der Waals surface area contributed by atoms with E-state index in [9.17, 15) is 68.4 Å². The number of aliphatic carboxylic acids is 1. The summed E-state index contributed by atoms with van der Waals surface area (Å²) in [5.41, 5.74) is 17.5. The number of aromatic hydroxyl groups is 1. The fraction of sp³-hybridized carbons (Fsp3) is 0.511. The second-order valence-corrected chi connectivity index (χ2v) is 16.9. The first-order chi connectivity index (χ1) is 32.6. The van der Waals surface area contributed by atoms with Crippen molar-refractivity contribution in [2.45, 2.75) is 127 Å². The Morgan fingerprint density at radius 3 is 1.81 bits per heavy atom. The number of nitrogens with one attached hydrogen (secondary N) is 6. The van der Waals surface area contributed by atoms with E-state index in [4.69, 9.17) is 17.2 Å². The van der Waals surface area contributed by atoms with Crippen LogP contribution in [0.4, 0.5) is 0 Å². The smallest absolute Gasteiger partial charge is 0.328 e. The molecular weight excluding hydrogens is 905 g/mol. The summed E-state index contributed by atoms with van der Waals surface area (Å²) in [5.74, 6) is -10.5. The minimum Gasteiger partial charge on any atom is -0.508 e. The van der Waals surface area contributed by atoms with Crippen molar-refractivity contribution in [1.82, 2.24) is 36.8 Å². The highest BCUT2D eigenvalue weighted by Crippen LogP contribution is 2.21. The Morgan fingerprint density at radius 1 is 0.696 bits per heavy atom. The van der Waals surface area contributed by atoms with Crippen LogP contribution in [-0.2, 0) is 60.8 Å². The highest BCUT2D eigenvalue weighted by Gasteiger charge is 2.41. The lowest BCUT2D eigenvalue weighted by atomic mass is 9.96. The van der Waals surface area contributed by atoms with Gasteiger partial charge in [0.25, 0.3) is 0 Å². The Kier molecular flexibility index (Phi) is 22.0. The first-order valence-electron chi connectivity index (χ1n) is 22.3. The topological polar surface area (TPSA) is 405 Å². The van der Waals surface area contributed by atoms with Gasteiger partial charge in [-0.25, -0.2) is 4.79 Å². The molecule has 1 fully saturated rings. The summed E-state index contributed by atoms with van der Waals surface area (Å²) in [7, 11) is 0. The van der Waals surface area contributed by atoms with Crippen LogP contribution in [-0.4, -0.2) is 152 Å². The molecule has 0 bridgehead atoms. The number of rotatable bonds is 27. The summed E-state index contributed by atoms with van der Waals surface area (Å²) in [5, 5.41) is 53.3. The Balaban J connectivity index is 1.92. The number of nitrogens with zero attached hydrogens (tertiary/aromatic N) is 1. The molecule has 24 nitrogen and oxygen atoms in total. The van der Waals surface area contributed by atoms with Gasteiger partial charge in [0.1, 0.15) is 48.0 Å². The van der Waals surface area contributed by atoms with Crippen LogP contribution in [0.15, 0.2) is 54.6 Å². The minimum absolute atomic E-state index is 0.00339. The fourth-order valence-corrected chi connectivity index (χ4v) is 7.36. The third kappa shape index (κ3) is 17.4. The summed E-state index contributed by atoms with van der Waals surface area (Å²) < 4.78 is 0. The number of aliphatic hydroxyl groups excluding tert-OH is 2. The number of carboxylic acids is 1. The molecule has 9 amide bonds. The van der Waals surface area contributed by atoms with Crippen molar-refractivity contribution < 1.29 is 68.4 Å². The molecule has 0 spiro atoms. The van der Waals surface area contributed by atoms with Gasteiger partial charge in [0.15, 0.2) is 6.04 Å². The second-order valence-electron chi connectivity index (χ2n) is 16.9. The third-order valence-electron chi connectivity index (χ3n) is 11.5. The quantitative estimate of drug-likeness (QED) is 0.0407. The van der Waals surface area contributed by atoms with Gasteiger partial charge in [-0.05, 0) is 55.4 Å². The van der Waals surface area contributed by atoms with Crippen molar-refractivity contribution in [2.24, 2.45) is 23.1 Å². The van der Waals surface area contributed by atoms with E-state index in [0.717, 1.165) is 6.92 Å². The van der Waals surface area contributed by atoms with E-state index in [-0.39, 0.29) is 44.4 Å². The molecule has 378 valence electrons. The molecular formula is C45H64N10O14. The number of carbonyl (C=O) groups excluding carboxylic acids is 9. The normalized spacial score (nSPS) is 17.2. The number of carbonyl (C=O) groups is 10. The summed E-state index contributed by atoms with van der Waals surface area (Å²) >= 11 is 0. The number of likely N-dealkylation sites (tertiary alicyclic amines) is 1. The van der Waals surface area contributed by atoms with E-state index >= 15 is 0 Å². The van der Waals surface area contributed by atoms with E-state index in [0.29, 0.717) is 17.5 Å². The molecule has 0 unspecified atom stereocenters. The first kappa shape index (κ1) is 56.1. The third-order valence-corrected chi connectivity index (χ3v) is 11.5. The van der Waals surface area contributed by atoms with Gasteiger partial charge >= 0.3 is 5.97 Å². The molecule has 2 aromatic rings. The van der Waals surface area contributed by atoms with Crippen LogP contribution in [0.2, 0.25) is 0 Å². The number of benzene rings is 2. The maximum absolute atomic E-state index is 14.6. The van der Waals surface area contributed by atoms with Crippen molar-refractivity contribution in [3.05, 3.63) is 65.7 Å². The van der Waals surface area contributed by atoms with Crippen molar-refractivity contribution in [2.75, 3.05) is 13.2 Å². The number of hydrogen-bond acceptors (Lipinski definition) is 14. The molecule has 16 N–H and O–H groups in total. The van der Waals surface area contributed by atoms with Crippen LogP contribution >= 0.6 is 0 Å². The molecule has 1 aliphatic rings. The lowest BCUT2D eigenvalue weighted by Gasteiger charge is -2.31. The lowest BCUT2D eigenvalue weighted by Crippen LogP contribution is -2.61. The van der Waals surface area contributed by atoms with Gasteiger partial charge in [-0.2, -0.15) is 0 Å². The summed E-state index contributed by atoms with van der Waals surface area (Å²) in [6.07, 6.45) is -2.70. The molecule has 24 heteroatoms.